The molecule has 0 spiro atoms. The molecule has 0 saturated heterocycles. The van der Waals surface area contributed by atoms with Crippen molar-refractivity contribution in [2.45, 2.75) is 80.1 Å². The molecule has 116 valence electrons. The highest BCUT2D eigenvalue weighted by molar-refractivity contribution is 6.18. The van der Waals surface area contributed by atoms with Gasteiger partial charge in [0, 0.05) is 5.88 Å². The standard InChI is InChI=1S/C18H37Cl/c1-14(2)9-7-10-16(5)11-8-12-17(6)18(13-19)15(3)4/h14-18H,7-13H2,1-6H3/t16-,17-,18+/m1/s1. The molecule has 0 aromatic carbocycles. The van der Waals surface area contributed by atoms with E-state index in [9.17, 15) is 0 Å². The largest absolute Gasteiger partial charge is 0.126 e. The molecule has 0 rings (SSSR count). The molecule has 0 fully saturated rings. The number of halogens is 1. The van der Waals surface area contributed by atoms with Crippen molar-refractivity contribution in [1.82, 2.24) is 0 Å². The number of hydrogen-bond donors (Lipinski definition) is 0. The van der Waals surface area contributed by atoms with Crippen LogP contribution in [0.15, 0.2) is 0 Å². The predicted molar refractivity (Wildman–Crippen MR) is 89.9 cm³/mol. The molecule has 0 radical (unpaired) electrons. The third-order valence-electron chi connectivity index (χ3n) is 4.60. The van der Waals surface area contributed by atoms with Gasteiger partial charge < -0.3 is 0 Å². The van der Waals surface area contributed by atoms with Crippen molar-refractivity contribution in [3.8, 4) is 0 Å². The minimum Gasteiger partial charge on any atom is -0.126 e. The van der Waals surface area contributed by atoms with Crippen molar-refractivity contribution in [3.63, 3.8) is 0 Å². The van der Waals surface area contributed by atoms with Crippen LogP contribution in [0.1, 0.15) is 80.1 Å². The Morgan fingerprint density at radius 3 is 1.68 bits per heavy atom. The first kappa shape index (κ1) is 19.3. The van der Waals surface area contributed by atoms with E-state index in [2.05, 4.69) is 41.5 Å². The molecule has 0 saturated carbocycles. The van der Waals surface area contributed by atoms with E-state index in [1.54, 1.807) is 0 Å². The Bertz CT molecular complexity index is 198. The van der Waals surface area contributed by atoms with Gasteiger partial charge in [0.25, 0.3) is 0 Å². The molecule has 0 aromatic rings. The zero-order valence-electron chi connectivity index (χ0n) is 14.2. The summed E-state index contributed by atoms with van der Waals surface area (Å²) in [7, 11) is 0. The summed E-state index contributed by atoms with van der Waals surface area (Å²) in [5.74, 6) is 4.78. The topological polar surface area (TPSA) is 0 Å². The van der Waals surface area contributed by atoms with Crippen molar-refractivity contribution in [2.24, 2.45) is 29.6 Å². The summed E-state index contributed by atoms with van der Waals surface area (Å²) in [6.07, 6.45) is 8.34. The third kappa shape index (κ3) is 9.77. The molecule has 3 atom stereocenters. The lowest BCUT2D eigenvalue weighted by Crippen LogP contribution is -2.19. The van der Waals surface area contributed by atoms with Gasteiger partial charge in [-0.1, -0.05) is 80.1 Å². The number of rotatable bonds is 11. The first-order valence-corrected chi connectivity index (χ1v) is 8.97. The lowest BCUT2D eigenvalue weighted by Gasteiger charge is -2.25. The minimum atomic E-state index is 0.693. The van der Waals surface area contributed by atoms with E-state index in [1.165, 1.54) is 38.5 Å². The fourth-order valence-electron chi connectivity index (χ4n) is 3.01. The van der Waals surface area contributed by atoms with E-state index >= 15 is 0 Å². The fraction of sp³-hybridized carbons (Fsp3) is 1.00. The maximum absolute atomic E-state index is 6.10. The van der Waals surface area contributed by atoms with Crippen LogP contribution in [0.5, 0.6) is 0 Å². The molecular formula is C18H37Cl. The second kappa shape index (κ2) is 11.0. The van der Waals surface area contributed by atoms with Crippen molar-refractivity contribution in [2.75, 3.05) is 5.88 Å². The summed E-state index contributed by atoms with van der Waals surface area (Å²) in [5.41, 5.74) is 0. The summed E-state index contributed by atoms with van der Waals surface area (Å²) in [6.45, 7) is 14.1. The van der Waals surface area contributed by atoms with Crippen LogP contribution >= 0.6 is 11.6 Å². The van der Waals surface area contributed by atoms with Gasteiger partial charge in [-0.05, 0) is 29.6 Å². The smallest absolute Gasteiger partial charge is 0.0256 e. The van der Waals surface area contributed by atoms with Crippen molar-refractivity contribution < 1.29 is 0 Å². The Balaban J connectivity index is 3.71. The van der Waals surface area contributed by atoms with E-state index in [1.807, 2.05) is 0 Å². The summed E-state index contributed by atoms with van der Waals surface area (Å²) < 4.78 is 0. The van der Waals surface area contributed by atoms with E-state index in [0.29, 0.717) is 5.92 Å². The van der Waals surface area contributed by atoms with Crippen LogP contribution in [-0.4, -0.2) is 5.88 Å². The van der Waals surface area contributed by atoms with Crippen molar-refractivity contribution in [1.29, 1.82) is 0 Å². The van der Waals surface area contributed by atoms with Crippen molar-refractivity contribution in [3.05, 3.63) is 0 Å². The molecular weight excluding hydrogens is 252 g/mol. The first-order valence-electron chi connectivity index (χ1n) is 8.44. The van der Waals surface area contributed by atoms with Gasteiger partial charge >= 0.3 is 0 Å². The van der Waals surface area contributed by atoms with Gasteiger partial charge in [-0.15, -0.1) is 11.6 Å². The summed E-state index contributed by atoms with van der Waals surface area (Å²) in [4.78, 5) is 0. The van der Waals surface area contributed by atoms with Crippen LogP contribution < -0.4 is 0 Å². The highest BCUT2D eigenvalue weighted by Crippen LogP contribution is 2.27. The van der Waals surface area contributed by atoms with Gasteiger partial charge in [-0.3, -0.25) is 0 Å². The molecule has 0 amide bonds. The minimum absolute atomic E-state index is 0.693. The molecule has 0 aliphatic rings. The number of hydrogen-bond acceptors (Lipinski definition) is 0. The molecule has 0 aliphatic heterocycles. The van der Waals surface area contributed by atoms with Crippen LogP contribution in [0.25, 0.3) is 0 Å². The highest BCUT2D eigenvalue weighted by Gasteiger charge is 2.19. The molecule has 0 bridgehead atoms. The van der Waals surface area contributed by atoms with Crippen LogP contribution in [-0.2, 0) is 0 Å². The maximum atomic E-state index is 6.10. The maximum Gasteiger partial charge on any atom is 0.0256 e. The Morgan fingerprint density at radius 1 is 0.737 bits per heavy atom. The van der Waals surface area contributed by atoms with E-state index < -0.39 is 0 Å². The highest BCUT2D eigenvalue weighted by atomic mass is 35.5. The molecule has 0 nitrogen and oxygen atoms in total. The summed E-state index contributed by atoms with van der Waals surface area (Å²) >= 11 is 6.10. The fourth-order valence-corrected chi connectivity index (χ4v) is 3.67. The van der Waals surface area contributed by atoms with Gasteiger partial charge in [-0.25, -0.2) is 0 Å². The van der Waals surface area contributed by atoms with Crippen molar-refractivity contribution >= 4 is 11.6 Å². The third-order valence-corrected chi connectivity index (χ3v) is 4.96. The Kier molecular flexibility index (Phi) is 11.2. The average molecular weight is 289 g/mol. The van der Waals surface area contributed by atoms with Gasteiger partial charge in [-0.2, -0.15) is 0 Å². The second-order valence-corrected chi connectivity index (χ2v) is 7.71. The Morgan fingerprint density at radius 2 is 1.26 bits per heavy atom. The SMILES string of the molecule is CC(C)CCC[C@@H](C)CCC[C@@H](C)[C@@H](CCl)C(C)C. The van der Waals surface area contributed by atoms with Crippen LogP contribution in [0, 0.1) is 29.6 Å². The van der Waals surface area contributed by atoms with Gasteiger partial charge in [0.05, 0.1) is 0 Å². The molecule has 19 heavy (non-hydrogen) atoms. The lowest BCUT2D eigenvalue weighted by atomic mass is 9.82. The van der Waals surface area contributed by atoms with Gasteiger partial charge in [0.1, 0.15) is 0 Å². The lowest BCUT2D eigenvalue weighted by molar-refractivity contribution is 0.273. The van der Waals surface area contributed by atoms with E-state index in [0.717, 1.165) is 29.6 Å². The number of alkyl halides is 1. The molecule has 0 aliphatic carbocycles. The zero-order valence-corrected chi connectivity index (χ0v) is 15.0. The quantitative estimate of drug-likeness (QED) is 0.368. The van der Waals surface area contributed by atoms with E-state index in [-0.39, 0.29) is 0 Å². The molecule has 1 heteroatoms. The summed E-state index contributed by atoms with van der Waals surface area (Å²) in [6, 6.07) is 0. The van der Waals surface area contributed by atoms with Crippen LogP contribution in [0.4, 0.5) is 0 Å². The van der Waals surface area contributed by atoms with Crippen LogP contribution in [0.3, 0.4) is 0 Å². The molecule has 0 N–H and O–H groups in total. The predicted octanol–water partition coefficient (Wildman–Crippen LogP) is 6.77. The molecule has 0 aromatic heterocycles. The molecule has 0 unspecified atom stereocenters. The average Bonchev–Trinajstić information content (AvgIpc) is 2.28. The monoisotopic (exact) mass is 288 g/mol. The first-order chi connectivity index (χ1) is 8.88. The van der Waals surface area contributed by atoms with E-state index in [4.69, 9.17) is 11.6 Å². The second-order valence-electron chi connectivity index (χ2n) is 7.40. The Labute approximate surface area is 127 Å². The Hall–Kier alpha value is 0.290. The zero-order chi connectivity index (χ0) is 14.8. The normalized spacial score (nSPS) is 16.9. The van der Waals surface area contributed by atoms with Crippen LogP contribution in [0.2, 0.25) is 0 Å². The van der Waals surface area contributed by atoms with Gasteiger partial charge in [0.2, 0.25) is 0 Å². The molecule has 0 heterocycles. The van der Waals surface area contributed by atoms with Gasteiger partial charge in [0.15, 0.2) is 0 Å². The summed E-state index contributed by atoms with van der Waals surface area (Å²) in [5, 5.41) is 0.